The van der Waals surface area contributed by atoms with E-state index in [1.165, 1.54) is 0 Å². The molecule has 3 rings (SSSR count). The third-order valence-corrected chi connectivity index (χ3v) is 6.01. The summed E-state index contributed by atoms with van der Waals surface area (Å²) in [6, 6.07) is 0. The fourth-order valence-corrected chi connectivity index (χ4v) is 4.17. The van der Waals surface area contributed by atoms with Crippen LogP contribution in [0.2, 0.25) is 0 Å². The molecule has 2 fully saturated rings. The number of aliphatic carboxylic acids is 1. The average molecular weight is 364 g/mol. The number of carbonyl (C=O) groups is 3. The van der Waals surface area contributed by atoms with Gasteiger partial charge < -0.3 is 19.6 Å². The Morgan fingerprint density at radius 2 is 1.46 bits per heavy atom. The largest absolute Gasteiger partial charge is 0.481 e. The van der Waals surface area contributed by atoms with Gasteiger partial charge in [0.1, 0.15) is 6.10 Å². The first kappa shape index (κ1) is 18.9. The first-order chi connectivity index (χ1) is 12.4. The lowest BCUT2D eigenvalue weighted by atomic mass is 9.76. The van der Waals surface area contributed by atoms with Crippen LogP contribution in [0.5, 0.6) is 0 Å². The van der Waals surface area contributed by atoms with Gasteiger partial charge in [-0.25, -0.2) is 0 Å². The number of nitrogens with zero attached hydrogens (tertiary/aromatic N) is 2. The quantitative estimate of drug-likeness (QED) is 0.763. The van der Waals surface area contributed by atoms with E-state index in [2.05, 4.69) is 0 Å². The van der Waals surface area contributed by atoms with Crippen LogP contribution in [0, 0.1) is 11.8 Å². The minimum Gasteiger partial charge on any atom is -0.481 e. The Hall–Kier alpha value is -1.89. The molecule has 144 valence electrons. The van der Waals surface area contributed by atoms with Crippen molar-refractivity contribution in [1.82, 2.24) is 9.80 Å². The van der Waals surface area contributed by atoms with E-state index in [0.717, 1.165) is 24.0 Å². The number of amides is 2. The van der Waals surface area contributed by atoms with Crippen molar-refractivity contribution in [3.63, 3.8) is 0 Å². The highest BCUT2D eigenvalue weighted by atomic mass is 16.5. The van der Waals surface area contributed by atoms with Crippen molar-refractivity contribution >= 4 is 17.8 Å². The summed E-state index contributed by atoms with van der Waals surface area (Å²) in [6.45, 7) is 6.46. The van der Waals surface area contributed by atoms with Crippen molar-refractivity contribution in [1.29, 1.82) is 0 Å². The predicted octanol–water partition coefficient (Wildman–Crippen LogP) is 1.28. The summed E-state index contributed by atoms with van der Waals surface area (Å²) in [5.74, 6) is -2.13. The Kier molecular flexibility index (Phi) is 5.65. The van der Waals surface area contributed by atoms with Crippen molar-refractivity contribution < 1.29 is 24.2 Å². The normalized spacial score (nSPS) is 29.8. The van der Waals surface area contributed by atoms with Crippen LogP contribution < -0.4 is 0 Å². The molecule has 0 saturated carbocycles. The average Bonchev–Trinajstić information content (AvgIpc) is 3.17. The molecular weight excluding hydrogens is 336 g/mol. The van der Waals surface area contributed by atoms with Gasteiger partial charge in [-0.3, -0.25) is 14.4 Å². The van der Waals surface area contributed by atoms with Crippen molar-refractivity contribution in [3.8, 4) is 0 Å². The van der Waals surface area contributed by atoms with Gasteiger partial charge in [-0.1, -0.05) is 11.1 Å². The second kappa shape index (κ2) is 7.78. The van der Waals surface area contributed by atoms with Gasteiger partial charge >= 0.3 is 5.97 Å². The van der Waals surface area contributed by atoms with E-state index >= 15 is 0 Å². The Bertz CT molecular complexity index is 615. The van der Waals surface area contributed by atoms with E-state index in [-0.39, 0.29) is 17.9 Å². The summed E-state index contributed by atoms with van der Waals surface area (Å²) in [4.78, 5) is 40.5. The van der Waals surface area contributed by atoms with Crippen LogP contribution in [-0.2, 0) is 19.1 Å². The van der Waals surface area contributed by atoms with Crippen LogP contribution in [0.25, 0.3) is 0 Å². The number of rotatable bonds is 3. The van der Waals surface area contributed by atoms with Crippen molar-refractivity contribution in [2.24, 2.45) is 11.8 Å². The van der Waals surface area contributed by atoms with Gasteiger partial charge in [0.05, 0.1) is 11.8 Å². The lowest BCUT2D eigenvalue weighted by Gasteiger charge is -2.39. The molecule has 0 aromatic carbocycles. The second-order valence-corrected chi connectivity index (χ2v) is 7.67. The standard InChI is InChI=1S/C19H28N2O5/c1-12-10-14(15(19(24)25)11-13(12)2)17(22)20-5-7-21(8-6-20)18(23)16-4-3-9-26-16/h14-16H,3-11H2,1-2H3,(H,24,25)/t14-,15-,16+/m0/s1. The molecule has 0 radical (unpaired) electrons. The molecule has 0 aromatic heterocycles. The maximum Gasteiger partial charge on any atom is 0.307 e. The molecular formula is C19H28N2O5. The monoisotopic (exact) mass is 364 g/mol. The van der Waals surface area contributed by atoms with Crippen LogP contribution in [0.15, 0.2) is 11.1 Å². The smallest absolute Gasteiger partial charge is 0.307 e. The van der Waals surface area contributed by atoms with Gasteiger partial charge in [0.2, 0.25) is 5.91 Å². The molecule has 1 N–H and O–H groups in total. The minimum absolute atomic E-state index is 0.0186. The number of piperazine rings is 1. The van der Waals surface area contributed by atoms with Crippen LogP contribution in [-0.4, -0.2) is 71.6 Å². The molecule has 0 unspecified atom stereocenters. The van der Waals surface area contributed by atoms with Gasteiger partial charge in [0.25, 0.3) is 5.91 Å². The van der Waals surface area contributed by atoms with Crippen LogP contribution in [0.3, 0.4) is 0 Å². The van der Waals surface area contributed by atoms with E-state index in [4.69, 9.17) is 4.74 Å². The Labute approximate surface area is 154 Å². The number of ether oxygens (including phenoxy) is 1. The van der Waals surface area contributed by atoms with E-state index in [1.54, 1.807) is 9.80 Å². The molecule has 3 aliphatic rings. The van der Waals surface area contributed by atoms with Gasteiger partial charge in [0, 0.05) is 32.8 Å². The van der Waals surface area contributed by atoms with Gasteiger partial charge in [-0.2, -0.15) is 0 Å². The molecule has 2 heterocycles. The zero-order valence-corrected chi connectivity index (χ0v) is 15.6. The number of hydrogen-bond donors (Lipinski definition) is 1. The summed E-state index contributed by atoms with van der Waals surface area (Å²) >= 11 is 0. The number of allylic oxidation sites excluding steroid dienone is 2. The third-order valence-electron chi connectivity index (χ3n) is 6.01. The topological polar surface area (TPSA) is 87.2 Å². The number of carbonyl (C=O) groups excluding carboxylic acids is 2. The van der Waals surface area contributed by atoms with Gasteiger partial charge in [-0.15, -0.1) is 0 Å². The van der Waals surface area contributed by atoms with Crippen molar-refractivity contribution in [3.05, 3.63) is 11.1 Å². The minimum atomic E-state index is -0.901. The van der Waals surface area contributed by atoms with E-state index < -0.39 is 17.8 Å². The lowest BCUT2D eigenvalue weighted by Crippen LogP contribution is -2.55. The lowest BCUT2D eigenvalue weighted by molar-refractivity contribution is -0.153. The number of hydrogen-bond acceptors (Lipinski definition) is 4. The first-order valence-corrected chi connectivity index (χ1v) is 9.45. The SMILES string of the molecule is CC1=C(C)C[C@H](C(=O)N2CCN(C(=O)[C@H]3CCCO3)CC2)[C@@H](C(=O)O)C1. The molecule has 0 spiro atoms. The molecule has 0 aromatic rings. The van der Waals surface area contributed by atoms with Crippen LogP contribution >= 0.6 is 0 Å². The van der Waals surface area contributed by atoms with Crippen molar-refractivity contribution in [2.75, 3.05) is 32.8 Å². The summed E-state index contributed by atoms with van der Waals surface area (Å²) in [6.07, 6.45) is 2.30. The maximum atomic E-state index is 13.0. The fraction of sp³-hybridized carbons (Fsp3) is 0.737. The highest BCUT2D eigenvalue weighted by Crippen LogP contribution is 2.35. The fourth-order valence-electron chi connectivity index (χ4n) is 4.17. The molecule has 7 nitrogen and oxygen atoms in total. The molecule has 7 heteroatoms. The number of carboxylic acid groups (broad SMARTS) is 1. The van der Waals surface area contributed by atoms with E-state index in [1.807, 2.05) is 13.8 Å². The molecule has 2 amide bonds. The third kappa shape index (κ3) is 3.77. The molecule has 3 atom stereocenters. The summed E-state index contributed by atoms with van der Waals surface area (Å²) < 4.78 is 5.46. The summed E-state index contributed by atoms with van der Waals surface area (Å²) in [7, 11) is 0. The highest BCUT2D eigenvalue weighted by Gasteiger charge is 2.40. The Morgan fingerprint density at radius 1 is 0.923 bits per heavy atom. The number of carboxylic acids is 1. The molecule has 2 aliphatic heterocycles. The van der Waals surface area contributed by atoms with Crippen LogP contribution in [0.4, 0.5) is 0 Å². The predicted molar refractivity (Wildman–Crippen MR) is 94.4 cm³/mol. The second-order valence-electron chi connectivity index (χ2n) is 7.67. The molecule has 0 bridgehead atoms. The zero-order chi connectivity index (χ0) is 18.8. The zero-order valence-electron chi connectivity index (χ0n) is 15.6. The van der Waals surface area contributed by atoms with Crippen LogP contribution in [0.1, 0.15) is 39.5 Å². The summed E-state index contributed by atoms with van der Waals surface area (Å²) in [5, 5.41) is 9.54. The molecule has 1 aliphatic carbocycles. The maximum absolute atomic E-state index is 13.0. The van der Waals surface area contributed by atoms with Crippen molar-refractivity contribution in [2.45, 2.75) is 45.6 Å². The van der Waals surface area contributed by atoms with E-state index in [9.17, 15) is 19.5 Å². The highest BCUT2D eigenvalue weighted by molar-refractivity contribution is 5.86. The van der Waals surface area contributed by atoms with Gasteiger partial charge in [0.15, 0.2) is 0 Å². The summed E-state index contributed by atoms with van der Waals surface area (Å²) in [5.41, 5.74) is 2.20. The van der Waals surface area contributed by atoms with Gasteiger partial charge in [-0.05, 0) is 39.5 Å². The molecule has 2 saturated heterocycles. The Morgan fingerprint density at radius 3 is 1.96 bits per heavy atom. The van der Waals surface area contributed by atoms with E-state index in [0.29, 0.717) is 45.6 Å². The molecule has 26 heavy (non-hydrogen) atoms. The first-order valence-electron chi connectivity index (χ1n) is 9.45. The Balaban J connectivity index is 1.60.